The predicted molar refractivity (Wildman–Crippen MR) is 140 cm³/mol. The minimum Gasteiger partial charge on any atom is -0.490 e. The van der Waals surface area contributed by atoms with Crippen LogP contribution in [0, 0.1) is 0 Å². The number of oxazole rings is 1. The molecule has 1 aromatic heterocycles. The highest BCUT2D eigenvalue weighted by atomic mass is 32.2. The van der Waals surface area contributed by atoms with Crippen molar-refractivity contribution in [1.29, 1.82) is 0 Å². The largest absolute Gasteiger partial charge is 0.490 e. The molecule has 1 saturated heterocycles. The maximum Gasteiger partial charge on any atom is 0.306 e. The van der Waals surface area contributed by atoms with Crippen molar-refractivity contribution in [3.05, 3.63) is 42.0 Å². The van der Waals surface area contributed by atoms with Gasteiger partial charge in [0.25, 0.3) is 6.01 Å². The summed E-state index contributed by atoms with van der Waals surface area (Å²) in [5.74, 6) is 0.584. The van der Waals surface area contributed by atoms with Crippen LogP contribution in [0.1, 0.15) is 25.3 Å². The number of benzene rings is 2. The molecule has 37 heavy (non-hydrogen) atoms. The number of anilines is 1. The number of hydrogen-bond donors (Lipinski definition) is 1. The molecule has 1 aliphatic rings. The number of ether oxygens (including phenoxy) is 1. The van der Waals surface area contributed by atoms with Crippen LogP contribution in [0.5, 0.6) is 11.5 Å². The molecule has 0 radical (unpaired) electrons. The molecule has 4 rings (SSSR count). The molecule has 2 heterocycles. The number of fused-ring (bicyclic) bond motifs is 1. The summed E-state index contributed by atoms with van der Waals surface area (Å²) in [6.07, 6.45) is 2.74. The molecule has 0 aliphatic carbocycles. The van der Waals surface area contributed by atoms with Crippen LogP contribution in [0.3, 0.4) is 0 Å². The molecule has 1 aliphatic heterocycles. The number of nitrogens with zero attached hydrogens (tertiary/aromatic N) is 3. The number of nitrogens with one attached hydrogen (secondary N) is 1. The van der Waals surface area contributed by atoms with Crippen molar-refractivity contribution in [2.75, 3.05) is 45.4 Å². The lowest BCUT2D eigenvalue weighted by Gasteiger charge is -2.32. The first-order valence-corrected chi connectivity index (χ1v) is 15.2. The smallest absolute Gasteiger partial charge is 0.306 e. The number of aromatic nitrogens is 1. The normalized spacial score (nSPS) is 15.8. The van der Waals surface area contributed by atoms with Crippen molar-refractivity contribution in [1.82, 2.24) is 14.2 Å². The molecule has 0 atom stereocenters. The molecular formula is C24H32N4O7S2. The van der Waals surface area contributed by atoms with E-state index in [0.29, 0.717) is 36.0 Å². The first-order chi connectivity index (χ1) is 17.4. The second-order valence-corrected chi connectivity index (χ2v) is 12.9. The van der Waals surface area contributed by atoms with E-state index in [2.05, 4.69) is 15.2 Å². The second kappa shape index (κ2) is 10.9. The maximum atomic E-state index is 12.4. The van der Waals surface area contributed by atoms with E-state index in [9.17, 15) is 16.8 Å². The summed E-state index contributed by atoms with van der Waals surface area (Å²) in [6.45, 7) is 4.60. The van der Waals surface area contributed by atoms with Gasteiger partial charge < -0.3 is 18.7 Å². The summed E-state index contributed by atoms with van der Waals surface area (Å²) in [4.78, 5) is 6.92. The van der Waals surface area contributed by atoms with Gasteiger partial charge in [-0.05, 0) is 55.7 Å². The quantitative estimate of drug-likeness (QED) is 0.375. The van der Waals surface area contributed by atoms with Crippen molar-refractivity contribution in [3.63, 3.8) is 0 Å². The van der Waals surface area contributed by atoms with Crippen LogP contribution < -0.4 is 14.2 Å². The van der Waals surface area contributed by atoms with Crippen LogP contribution in [0.2, 0.25) is 0 Å². The van der Waals surface area contributed by atoms with Crippen molar-refractivity contribution in [2.24, 2.45) is 0 Å². The van der Waals surface area contributed by atoms with E-state index in [0.717, 1.165) is 42.1 Å². The van der Waals surface area contributed by atoms with Gasteiger partial charge in [-0.2, -0.15) is 13.4 Å². The van der Waals surface area contributed by atoms with Crippen molar-refractivity contribution >= 4 is 37.3 Å². The molecule has 11 nitrogen and oxygen atoms in total. The van der Waals surface area contributed by atoms with Crippen LogP contribution in [-0.2, 0) is 26.7 Å². The molecule has 0 amide bonds. The summed E-state index contributed by atoms with van der Waals surface area (Å²) in [5, 5.41) is 3.33. The fraction of sp³-hybridized carbons (Fsp3) is 0.458. The second-order valence-electron chi connectivity index (χ2n) is 9.13. The summed E-state index contributed by atoms with van der Waals surface area (Å²) in [6, 6.07) is 10.5. The molecule has 3 aromatic rings. The first kappa shape index (κ1) is 27.2. The van der Waals surface area contributed by atoms with Crippen molar-refractivity contribution < 1.29 is 30.2 Å². The Hall–Kier alpha value is -2.87. The van der Waals surface area contributed by atoms with Gasteiger partial charge >= 0.3 is 10.1 Å². The van der Waals surface area contributed by atoms with Gasteiger partial charge in [0.2, 0.25) is 10.0 Å². The molecule has 1 N–H and O–H groups in total. The van der Waals surface area contributed by atoms with E-state index < -0.39 is 20.1 Å². The zero-order chi connectivity index (χ0) is 26.8. The van der Waals surface area contributed by atoms with Crippen LogP contribution in [0.25, 0.3) is 11.1 Å². The highest BCUT2D eigenvalue weighted by molar-refractivity contribution is 7.89. The van der Waals surface area contributed by atoms with Crippen molar-refractivity contribution in [3.8, 4) is 11.5 Å². The minimum atomic E-state index is -3.65. The fourth-order valence-electron chi connectivity index (χ4n) is 4.16. The van der Waals surface area contributed by atoms with E-state index in [4.69, 9.17) is 13.3 Å². The Morgan fingerprint density at radius 3 is 2.46 bits per heavy atom. The SMILES string of the molecule is CCOc1cc(CN2CCC(Nc3nc4cc(S(=O)(=O)N(C)C)ccc4o3)CC2)ccc1OS(C)(=O)=O. The van der Waals surface area contributed by atoms with Crippen LogP contribution in [-0.4, -0.2) is 77.1 Å². The lowest BCUT2D eigenvalue weighted by Crippen LogP contribution is -2.38. The summed E-state index contributed by atoms with van der Waals surface area (Å²) >= 11 is 0. The molecular weight excluding hydrogens is 520 g/mol. The third-order valence-electron chi connectivity index (χ3n) is 6.01. The molecule has 13 heteroatoms. The van der Waals surface area contributed by atoms with E-state index in [1.54, 1.807) is 12.1 Å². The van der Waals surface area contributed by atoms with Crippen molar-refractivity contribution in [2.45, 2.75) is 37.2 Å². The molecule has 2 aromatic carbocycles. The van der Waals surface area contributed by atoms with Gasteiger partial charge in [-0.3, -0.25) is 4.90 Å². The average Bonchev–Trinajstić information content (AvgIpc) is 3.23. The zero-order valence-corrected chi connectivity index (χ0v) is 22.9. The van der Waals surface area contributed by atoms with Crippen LogP contribution in [0.4, 0.5) is 6.01 Å². The third-order valence-corrected chi connectivity index (χ3v) is 8.30. The maximum absolute atomic E-state index is 12.4. The van der Waals surface area contributed by atoms with Gasteiger partial charge in [-0.15, -0.1) is 0 Å². The van der Waals surface area contributed by atoms with Gasteiger partial charge in [-0.1, -0.05) is 6.07 Å². The van der Waals surface area contributed by atoms with Crippen LogP contribution in [0.15, 0.2) is 45.7 Å². The molecule has 0 saturated carbocycles. The Kier molecular flexibility index (Phi) is 7.97. The lowest BCUT2D eigenvalue weighted by molar-refractivity contribution is 0.210. The number of rotatable bonds is 10. The number of hydrogen-bond acceptors (Lipinski definition) is 10. The third kappa shape index (κ3) is 6.72. The van der Waals surface area contributed by atoms with Gasteiger partial charge in [-0.25, -0.2) is 12.7 Å². The Morgan fingerprint density at radius 2 is 1.81 bits per heavy atom. The Balaban J connectivity index is 1.36. The van der Waals surface area contributed by atoms with E-state index in [1.165, 1.54) is 26.2 Å². The number of piperidine rings is 1. The Bertz CT molecular complexity index is 1460. The first-order valence-electron chi connectivity index (χ1n) is 11.9. The number of sulfonamides is 1. The lowest BCUT2D eigenvalue weighted by atomic mass is 10.0. The monoisotopic (exact) mass is 552 g/mol. The van der Waals surface area contributed by atoms with E-state index in [1.807, 2.05) is 19.1 Å². The molecule has 0 unspecified atom stereocenters. The predicted octanol–water partition coefficient (Wildman–Crippen LogP) is 2.89. The Morgan fingerprint density at radius 1 is 1.08 bits per heavy atom. The molecule has 202 valence electrons. The molecule has 0 spiro atoms. The summed E-state index contributed by atoms with van der Waals surface area (Å²) in [7, 11) is -4.22. The molecule has 0 bridgehead atoms. The molecule has 1 fully saturated rings. The van der Waals surface area contributed by atoms with Gasteiger partial charge in [0.15, 0.2) is 17.1 Å². The van der Waals surface area contributed by atoms with E-state index in [-0.39, 0.29) is 16.7 Å². The van der Waals surface area contributed by atoms with Crippen LogP contribution >= 0.6 is 0 Å². The number of likely N-dealkylation sites (tertiary alicyclic amines) is 1. The standard InChI is InChI=1S/C24H32N4O7S2/c1-5-33-23-14-17(6-8-22(23)35-36(4,29)30)16-28-12-10-18(11-13-28)25-24-26-20-15-19(7-9-21(20)34-24)37(31,32)27(2)3/h6-9,14-15,18H,5,10-13,16H2,1-4H3,(H,25,26). The minimum absolute atomic E-state index is 0.166. The summed E-state index contributed by atoms with van der Waals surface area (Å²) < 4.78 is 65.4. The highest BCUT2D eigenvalue weighted by Gasteiger charge is 2.23. The summed E-state index contributed by atoms with van der Waals surface area (Å²) in [5.41, 5.74) is 2.00. The zero-order valence-electron chi connectivity index (χ0n) is 21.3. The highest BCUT2D eigenvalue weighted by Crippen LogP contribution is 2.31. The van der Waals surface area contributed by atoms with Gasteiger partial charge in [0, 0.05) is 39.8 Å². The fourth-order valence-corrected chi connectivity index (χ4v) is 5.55. The Labute approximate surface area is 217 Å². The topological polar surface area (TPSA) is 131 Å². The average molecular weight is 553 g/mol. The van der Waals surface area contributed by atoms with Gasteiger partial charge in [0.1, 0.15) is 5.52 Å². The van der Waals surface area contributed by atoms with E-state index >= 15 is 0 Å². The van der Waals surface area contributed by atoms with Gasteiger partial charge in [0.05, 0.1) is 17.8 Å².